The summed E-state index contributed by atoms with van der Waals surface area (Å²) in [4.78, 5) is 15.2. The van der Waals surface area contributed by atoms with E-state index in [2.05, 4.69) is 11.9 Å². The summed E-state index contributed by atoms with van der Waals surface area (Å²) in [6.45, 7) is 4.13. The first-order valence-corrected chi connectivity index (χ1v) is 5.84. The van der Waals surface area contributed by atoms with Gasteiger partial charge in [0, 0.05) is 13.1 Å². The van der Waals surface area contributed by atoms with Crippen LogP contribution >= 0.6 is 0 Å². The number of urea groups is 1. The van der Waals surface area contributed by atoms with Crippen molar-refractivity contribution in [3.05, 3.63) is 0 Å². The van der Waals surface area contributed by atoms with Crippen LogP contribution < -0.4 is 5.73 Å². The van der Waals surface area contributed by atoms with Crippen LogP contribution in [0.3, 0.4) is 0 Å². The zero-order chi connectivity index (χ0) is 10.9. The molecule has 2 amide bonds. The SMILES string of the molecule is CN1CCC2(CC1)CCN(C(N)=O)CC2. The maximum absolute atomic E-state index is 11.0. The molecule has 0 aromatic heterocycles. The van der Waals surface area contributed by atoms with Gasteiger partial charge in [-0.2, -0.15) is 0 Å². The molecule has 0 bridgehead atoms. The Kier molecular flexibility index (Phi) is 2.87. The third-order valence-corrected chi connectivity index (χ3v) is 4.18. The van der Waals surface area contributed by atoms with E-state index < -0.39 is 0 Å². The first-order valence-electron chi connectivity index (χ1n) is 5.84. The van der Waals surface area contributed by atoms with Crippen LogP contribution in [0.5, 0.6) is 0 Å². The van der Waals surface area contributed by atoms with Gasteiger partial charge in [-0.05, 0) is 51.2 Å². The van der Waals surface area contributed by atoms with Gasteiger partial charge in [0.25, 0.3) is 0 Å². The lowest BCUT2D eigenvalue weighted by Crippen LogP contribution is -2.48. The van der Waals surface area contributed by atoms with Gasteiger partial charge in [0.2, 0.25) is 0 Å². The molecule has 2 saturated heterocycles. The number of primary amides is 1. The van der Waals surface area contributed by atoms with E-state index in [4.69, 9.17) is 5.73 Å². The van der Waals surface area contributed by atoms with Gasteiger partial charge in [0.1, 0.15) is 0 Å². The van der Waals surface area contributed by atoms with E-state index in [9.17, 15) is 4.79 Å². The minimum atomic E-state index is -0.252. The summed E-state index contributed by atoms with van der Waals surface area (Å²) in [5.74, 6) is 0. The summed E-state index contributed by atoms with van der Waals surface area (Å²) < 4.78 is 0. The molecular formula is C11H21N3O. The topological polar surface area (TPSA) is 49.6 Å². The van der Waals surface area contributed by atoms with Gasteiger partial charge < -0.3 is 15.5 Å². The molecule has 2 aliphatic heterocycles. The summed E-state index contributed by atoms with van der Waals surface area (Å²) in [7, 11) is 2.19. The van der Waals surface area contributed by atoms with E-state index in [-0.39, 0.29) is 6.03 Å². The minimum absolute atomic E-state index is 0.252. The van der Waals surface area contributed by atoms with Crippen LogP contribution in [0.2, 0.25) is 0 Å². The number of carbonyl (C=O) groups excluding carboxylic acids is 1. The van der Waals surface area contributed by atoms with Crippen LogP contribution in [-0.4, -0.2) is 49.1 Å². The Morgan fingerprint density at radius 2 is 1.53 bits per heavy atom. The highest BCUT2D eigenvalue weighted by Gasteiger charge is 2.37. The third kappa shape index (κ3) is 2.25. The molecular weight excluding hydrogens is 190 g/mol. The highest BCUT2D eigenvalue weighted by atomic mass is 16.2. The predicted octanol–water partition coefficient (Wildman–Crippen LogP) is 0.873. The second kappa shape index (κ2) is 4.00. The molecule has 4 heteroatoms. The smallest absolute Gasteiger partial charge is 0.314 e. The average molecular weight is 211 g/mol. The van der Waals surface area contributed by atoms with Crippen molar-refractivity contribution in [2.24, 2.45) is 11.1 Å². The summed E-state index contributed by atoms with van der Waals surface area (Å²) in [5.41, 5.74) is 5.80. The van der Waals surface area contributed by atoms with Gasteiger partial charge in [-0.25, -0.2) is 4.79 Å². The second-order valence-corrected chi connectivity index (χ2v) is 5.13. The highest BCUT2D eigenvalue weighted by molar-refractivity contribution is 5.72. The molecule has 2 fully saturated rings. The second-order valence-electron chi connectivity index (χ2n) is 5.13. The van der Waals surface area contributed by atoms with Gasteiger partial charge >= 0.3 is 6.03 Å². The van der Waals surface area contributed by atoms with Crippen LogP contribution in [0.1, 0.15) is 25.7 Å². The fourth-order valence-corrected chi connectivity index (χ4v) is 2.79. The first kappa shape index (κ1) is 10.7. The highest BCUT2D eigenvalue weighted by Crippen LogP contribution is 2.40. The van der Waals surface area contributed by atoms with E-state index in [1.807, 2.05) is 0 Å². The average Bonchev–Trinajstić information content (AvgIpc) is 2.24. The molecule has 0 unspecified atom stereocenters. The van der Waals surface area contributed by atoms with Gasteiger partial charge in [-0.3, -0.25) is 0 Å². The Labute approximate surface area is 91.4 Å². The molecule has 86 valence electrons. The van der Waals surface area contributed by atoms with E-state index in [1.54, 1.807) is 4.90 Å². The zero-order valence-corrected chi connectivity index (χ0v) is 9.54. The molecule has 4 nitrogen and oxygen atoms in total. The maximum atomic E-state index is 11.0. The lowest BCUT2D eigenvalue weighted by molar-refractivity contribution is 0.0556. The Bertz CT molecular complexity index is 236. The molecule has 0 aromatic carbocycles. The molecule has 2 heterocycles. The van der Waals surface area contributed by atoms with Crippen LogP contribution in [0.15, 0.2) is 0 Å². The number of hydrogen-bond acceptors (Lipinski definition) is 2. The molecule has 0 aromatic rings. The van der Waals surface area contributed by atoms with Crippen molar-refractivity contribution in [1.82, 2.24) is 9.80 Å². The number of hydrogen-bond donors (Lipinski definition) is 1. The summed E-state index contributed by atoms with van der Waals surface area (Å²) in [6, 6.07) is -0.252. The van der Waals surface area contributed by atoms with Gasteiger partial charge in [-0.15, -0.1) is 0 Å². The summed E-state index contributed by atoms with van der Waals surface area (Å²) in [6.07, 6.45) is 4.86. The van der Waals surface area contributed by atoms with Gasteiger partial charge in [-0.1, -0.05) is 0 Å². The Balaban J connectivity index is 1.89. The standard InChI is InChI=1S/C11H21N3O/c1-13-6-2-11(3-7-13)4-8-14(9-5-11)10(12)15/h2-9H2,1H3,(H2,12,15). The van der Waals surface area contributed by atoms with Gasteiger partial charge in [0.05, 0.1) is 0 Å². The molecule has 1 spiro atoms. The molecule has 0 saturated carbocycles. The minimum Gasteiger partial charge on any atom is -0.351 e. The van der Waals surface area contributed by atoms with Crippen LogP contribution in [-0.2, 0) is 0 Å². The largest absolute Gasteiger partial charge is 0.351 e. The molecule has 0 radical (unpaired) electrons. The first-order chi connectivity index (χ1) is 7.11. The van der Waals surface area contributed by atoms with Crippen molar-refractivity contribution >= 4 is 6.03 Å². The summed E-state index contributed by atoms with van der Waals surface area (Å²) >= 11 is 0. The van der Waals surface area contributed by atoms with Crippen molar-refractivity contribution in [2.45, 2.75) is 25.7 Å². The Hall–Kier alpha value is -0.770. The number of amides is 2. The summed E-state index contributed by atoms with van der Waals surface area (Å²) in [5, 5.41) is 0. The Morgan fingerprint density at radius 1 is 1.07 bits per heavy atom. The normalized spacial score (nSPS) is 26.9. The van der Waals surface area contributed by atoms with Crippen molar-refractivity contribution in [2.75, 3.05) is 33.2 Å². The van der Waals surface area contributed by atoms with E-state index in [1.165, 1.54) is 25.9 Å². The van der Waals surface area contributed by atoms with Gasteiger partial charge in [0.15, 0.2) is 0 Å². The number of likely N-dealkylation sites (tertiary alicyclic amines) is 2. The van der Waals surface area contributed by atoms with Crippen LogP contribution in [0.25, 0.3) is 0 Å². The van der Waals surface area contributed by atoms with Crippen molar-refractivity contribution in [3.63, 3.8) is 0 Å². The van der Waals surface area contributed by atoms with E-state index in [0.29, 0.717) is 5.41 Å². The lowest BCUT2D eigenvalue weighted by Gasteiger charge is -2.45. The van der Waals surface area contributed by atoms with Crippen LogP contribution in [0, 0.1) is 5.41 Å². The molecule has 2 aliphatic rings. The Morgan fingerprint density at radius 3 is 2.00 bits per heavy atom. The fraction of sp³-hybridized carbons (Fsp3) is 0.909. The lowest BCUT2D eigenvalue weighted by atomic mass is 9.71. The van der Waals surface area contributed by atoms with Crippen molar-refractivity contribution in [1.29, 1.82) is 0 Å². The number of rotatable bonds is 0. The molecule has 0 aliphatic carbocycles. The molecule has 15 heavy (non-hydrogen) atoms. The van der Waals surface area contributed by atoms with Crippen molar-refractivity contribution < 1.29 is 4.79 Å². The van der Waals surface area contributed by atoms with E-state index in [0.717, 1.165) is 25.9 Å². The molecule has 2 rings (SSSR count). The molecule has 2 N–H and O–H groups in total. The fourth-order valence-electron chi connectivity index (χ4n) is 2.79. The van der Waals surface area contributed by atoms with E-state index >= 15 is 0 Å². The predicted molar refractivity (Wildman–Crippen MR) is 59.6 cm³/mol. The zero-order valence-electron chi connectivity index (χ0n) is 9.54. The monoisotopic (exact) mass is 211 g/mol. The number of nitrogens with two attached hydrogens (primary N) is 1. The number of nitrogens with zero attached hydrogens (tertiary/aromatic N) is 2. The molecule has 0 atom stereocenters. The number of piperidine rings is 2. The quantitative estimate of drug-likeness (QED) is 0.646. The van der Waals surface area contributed by atoms with Crippen molar-refractivity contribution in [3.8, 4) is 0 Å². The number of carbonyl (C=O) groups is 1. The maximum Gasteiger partial charge on any atom is 0.314 e. The third-order valence-electron chi connectivity index (χ3n) is 4.18. The van der Waals surface area contributed by atoms with Crippen LogP contribution in [0.4, 0.5) is 4.79 Å².